The molecule has 2 aromatic carbocycles. The van der Waals surface area contributed by atoms with Gasteiger partial charge in [0.1, 0.15) is 0 Å². The van der Waals surface area contributed by atoms with Crippen LogP contribution in [0, 0.1) is 0 Å². The highest BCUT2D eigenvalue weighted by Crippen LogP contribution is 2.30. The molecule has 0 saturated heterocycles. The Morgan fingerprint density at radius 2 is 1.75 bits per heavy atom. The van der Waals surface area contributed by atoms with Crippen molar-refractivity contribution >= 4 is 10.9 Å². The lowest BCUT2D eigenvalue weighted by Gasteiger charge is -2.27. The van der Waals surface area contributed by atoms with E-state index in [0.717, 1.165) is 6.54 Å². The summed E-state index contributed by atoms with van der Waals surface area (Å²) in [7, 11) is 2.18. The van der Waals surface area contributed by atoms with Crippen LogP contribution < -0.4 is 5.43 Å². The molecule has 0 fully saturated rings. The van der Waals surface area contributed by atoms with Crippen LogP contribution in [0.5, 0.6) is 0 Å². The summed E-state index contributed by atoms with van der Waals surface area (Å²) in [5.41, 5.74) is 7.36. The smallest absolute Gasteiger partial charge is 0.0911 e. The van der Waals surface area contributed by atoms with Crippen molar-refractivity contribution in [3.63, 3.8) is 0 Å². The normalized spacial score (nSPS) is 12.7. The van der Waals surface area contributed by atoms with Crippen LogP contribution in [-0.4, -0.2) is 29.3 Å². The summed E-state index contributed by atoms with van der Waals surface area (Å²) in [6.07, 6.45) is 4.94. The van der Waals surface area contributed by atoms with E-state index in [-0.39, 0.29) is 6.17 Å². The summed E-state index contributed by atoms with van der Waals surface area (Å²) in [5.74, 6) is 0. The van der Waals surface area contributed by atoms with Gasteiger partial charge in [-0.15, -0.1) is 0 Å². The van der Waals surface area contributed by atoms with E-state index in [1.54, 1.807) is 0 Å². The highest BCUT2D eigenvalue weighted by atomic mass is 15.5. The summed E-state index contributed by atoms with van der Waals surface area (Å²) in [6, 6.07) is 19.2. The second-order valence-corrected chi connectivity index (χ2v) is 6.44. The van der Waals surface area contributed by atoms with Crippen molar-refractivity contribution in [2.24, 2.45) is 0 Å². The monoisotopic (exact) mass is 321 g/mol. The molecule has 0 aliphatic heterocycles. The molecule has 1 aromatic heterocycles. The van der Waals surface area contributed by atoms with E-state index >= 15 is 0 Å². The van der Waals surface area contributed by atoms with Gasteiger partial charge >= 0.3 is 0 Å². The third-order valence-electron chi connectivity index (χ3n) is 4.65. The molecule has 0 saturated carbocycles. The number of unbranched alkanes of at least 4 members (excludes halogenated alkanes) is 1. The van der Waals surface area contributed by atoms with Gasteiger partial charge in [0.15, 0.2) is 0 Å². The molecule has 3 aromatic rings. The zero-order valence-electron chi connectivity index (χ0n) is 14.9. The Morgan fingerprint density at radius 3 is 2.50 bits per heavy atom. The molecule has 3 heteroatoms. The van der Waals surface area contributed by atoms with E-state index in [9.17, 15) is 0 Å². The molecule has 1 unspecified atom stereocenters. The first kappa shape index (κ1) is 16.6. The maximum Gasteiger partial charge on any atom is 0.0911 e. The lowest BCUT2D eigenvalue weighted by Crippen LogP contribution is -2.39. The fourth-order valence-electron chi connectivity index (χ4n) is 3.04. The molecule has 126 valence electrons. The maximum atomic E-state index is 3.63. The van der Waals surface area contributed by atoms with Crippen molar-refractivity contribution in [2.45, 2.75) is 32.9 Å². The molecular weight excluding hydrogens is 294 g/mol. The van der Waals surface area contributed by atoms with Gasteiger partial charge in [0.05, 0.1) is 11.7 Å². The molecule has 1 heterocycles. The van der Waals surface area contributed by atoms with Crippen LogP contribution in [0.25, 0.3) is 22.0 Å². The van der Waals surface area contributed by atoms with Crippen molar-refractivity contribution in [1.82, 2.24) is 9.58 Å². The molecule has 0 amide bonds. The Labute approximate surface area is 144 Å². The van der Waals surface area contributed by atoms with Crippen molar-refractivity contribution < 1.29 is 0 Å². The Hall–Kier alpha value is -2.26. The van der Waals surface area contributed by atoms with E-state index in [1.165, 1.54) is 34.9 Å². The Morgan fingerprint density at radius 1 is 1.04 bits per heavy atom. The molecule has 0 bridgehead atoms. The lowest BCUT2D eigenvalue weighted by molar-refractivity contribution is 0.263. The minimum Gasteiger partial charge on any atom is -0.309 e. The van der Waals surface area contributed by atoms with Gasteiger partial charge in [-0.25, -0.2) is 0 Å². The van der Waals surface area contributed by atoms with Gasteiger partial charge in [0, 0.05) is 17.1 Å². The SMILES string of the molecule is CCCCN(C)C(C)Nn1cc(-c2ccccc2)c2ccccc21. The molecule has 1 N–H and O–H groups in total. The second-order valence-electron chi connectivity index (χ2n) is 6.44. The Kier molecular flexibility index (Phi) is 5.21. The average molecular weight is 321 g/mol. The molecule has 3 nitrogen and oxygen atoms in total. The van der Waals surface area contributed by atoms with Crippen molar-refractivity contribution in [3.05, 3.63) is 60.8 Å². The maximum absolute atomic E-state index is 3.63. The van der Waals surface area contributed by atoms with Gasteiger partial charge in [-0.05, 0) is 38.6 Å². The first-order chi connectivity index (χ1) is 11.7. The minimum atomic E-state index is 0.274. The number of para-hydroxylation sites is 1. The summed E-state index contributed by atoms with van der Waals surface area (Å²) >= 11 is 0. The van der Waals surface area contributed by atoms with Crippen LogP contribution >= 0.6 is 0 Å². The fourth-order valence-corrected chi connectivity index (χ4v) is 3.04. The number of fused-ring (bicyclic) bond motifs is 1. The zero-order chi connectivity index (χ0) is 16.9. The quantitative estimate of drug-likeness (QED) is 0.623. The van der Waals surface area contributed by atoms with Gasteiger partial charge in [0.2, 0.25) is 0 Å². The first-order valence-corrected chi connectivity index (χ1v) is 8.83. The van der Waals surface area contributed by atoms with E-state index in [4.69, 9.17) is 0 Å². The highest BCUT2D eigenvalue weighted by molar-refractivity contribution is 5.96. The van der Waals surface area contributed by atoms with Crippen molar-refractivity contribution in [1.29, 1.82) is 0 Å². The van der Waals surface area contributed by atoms with Gasteiger partial charge in [-0.3, -0.25) is 9.58 Å². The Balaban J connectivity index is 1.92. The molecule has 0 aliphatic rings. The average Bonchev–Trinajstić information content (AvgIpc) is 2.99. The molecule has 0 aliphatic carbocycles. The number of aromatic nitrogens is 1. The van der Waals surface area contributed by atoms with Crippen LogP contribution in [0.1, 0.15) is 26.7 Å². The van der Waals surface area contributed by atoms with E-state index in [0.29, 0.717) is 0 Å². The van der Waals surface area contributed by atoms with Crippen LogP contribution in [0.2, 0.25) is 0 Å². The molecule has 0 radical (unpaired) electrons. The predicted molar refractivity (Wildman–Crippen MR) is 104 cm³/mol. The van der Waals surface area contributed by atoms with Crippen LogP contribution in [0.15, 0.2) is 60.8 Å². The predicted octanol–water partition coefficient (Wildman–Crippen LogP) is 4.93. The van der Waals surface area contributed by atoms with Gasteiger partial charge in [-0.1, -0.05) is 61.9 Å². The number of nitrogens with zero attached hydrogens (tertiary/aromatic N) is 2. The van der Waals surface area contributed by atoms with Gasteiger partial charge in [0.25, 0.3) is 0 Å². The van der Waals surface area contributed by atoms with Crippen molar-refractivity contribution in [3.8, 4) is 11.1 Å². The third-order valence-corrected chi connectivity index (χ3v) is 4.65. The summed E-state index contributed by atoms with van der Waals surface area (Å²) in [5, 5.41) is 1.28. The van der Waals surface area contributed by atoms with Crippen LogP contribution in [0.3, 0.4) is 0 Å². The molecule has 24 heavy (non-hydrogen) atoms. The summed E-state index contributed by atoms with van der Waals surface area (Å²) in [6.45, 7) is 5.56. The van der Waals surface area contributed by atoms with Crippen LogP contribution in [0.4, 0.5) is 0 Å². The number of benzene rings is 2. The van der Waals surface area contributed by atoms with Crippen molar-refractivity contribution in [2.75, 3.05) is 19.0 Å². The lowest BCUT2D eigenvalue weighted by atomic mass is 10.1. The zero-order valence-corrected chi connectivity index (χ0v) is 14.9. The fraction of sp³-hybridized carbons (Fsp3) is 0.333. The number of rotatable bonds is 7. The molecule has 1 atom stereocenters. The van der Waals surface area contributed by atoms with Gasteiger partial charge in [-0.2, -0.15) is 0 Å². The topological polar surface area (TPSA) is 20.2 Å². The second kappa shape index (κ2) is 7.54. The molecule has 3 rings (SSSR count). The summed E-state index contributed by atoms with van der Waals surface area (Å²) < 4.78 is 2.17. The number of hydrogen-bond acceptors (Lipinski definition) is 2. The molecule has 0 spiro atoms. The Bertz CT molecular complexity index is 776. The standard InChI is InChI=1S/C21H27N3/c1-4-5-15-23(3)17(2)22-24-16-20(18-11-7-6-8-12-18)19-13-9-10-14-21(19)24/h6-14,16-17,22H,4-5,15H2,1-3H3. The first-order valence-electron chi connectivity index (χ1n) is 8.83. The largest absolute Gasteiger partial charge is 0.309 e. The minimum absolute atomic E-state index is 0.274. The number of nitrogens with one attached hydrogen (secondary N) is 1. The number of hydrogen-bond donors (Lipinski definition) is 1. The van der Waals surface area contributed by atoms with E-state index in [2.05, 4.69) is 96.7 Å². The highest BCUT2D eigenvalue weighted by Gasteiger charge is 2.13. The van der Waals surface area contributed by atoms with E-state index in [1.807, 2.05) is 0 Å². The molecular formula is C21H27N3. The summed E-state index contributed by atoms with van der Waals surface area (Å²) in [4.78, 5) is 2.36. The van der Waals surface area contributed by atoms with Gasteiger partial charge < -0.3 is 5.43 Å². The van der Waals surface area contributed by atoms with E-state index < -0.39 is 0 Å². The van der Waals surface area contributed by atoms with Crippen LogP contribution in [-0.2, 0) is 0 Å². The third kappa shape index (κ3) is 3.46.